The van der Waals surface area contributed by atoms with Gasteiger partial charge in [0.25, 0.3) is 0 Å². The fraction of sp³-hybridized carbons (Fsp3) is 0.438. The van der Waals surface area contributed by atoms with E-state index in [0.717, 1.165) is 29.1 Å². The number of thiazole rings is 1. The molecule has 4 nitrogen and oxygen atoms in total. The van der Waals surface area contributed by atoms with Crippen molar-refractivity contribution in [1.82, 2.24) is 19.7 Å². The second-order valence-corrected chi connectivity index (χ2v) is 6.85. The van der Waals surface area contributed by atoms with Crippen LogP contribution in [0.15, 0.2) is 23.7 Å². The number of benzene rings is 1. The largest absolute Gasteiger partial charge is 0.245 e. The van der Waals surface area contributed by atoms with Gasteiger partial charge in [0.15, 0.2) is 11.6 Å². The molecule has 1 aromatic carbocycles. The topological polar surface area (TPSA) is 43.6 Å². The highest BCUT2D eigenvalue weighted by atomic mass is 32.1. The van der Waals surface area contributed by atoms with E-state index < -0.39 is 0 Å². The Labute approximate surface area is 128 Å². The molecule has 0 N–H and O–H groups in total. The van der Waals surface area contributed by atoms with Gasteiger partial charge in [-0.3, -0.25) is 0 Å². The molecular formula is C16H20N4S. The average molecular weight is 300 g/mol. The lowest BCUT2D eigenvalue weighted by atomic mass is 10.1. The minimum atomic E-state index is 0.289. The average Bonchev–Trinajstić information content (AvgIpc) is 3.03. The van der Waals surface area contributed by atoms with Crippen molar-refractivity contribution in [2.45, 2.75) is 40.2 Å². The van der Waals surface area contributed by atoms with Crippen LogP contribution < -0.4 is 0 Å². The van der Waals surface area contributed by atoms with E-state index in [1.165, 1.54) is 4.70 Å². The molecule has 21 heavy (non-hydrogen) atoms. The van der Waals surface area contributed by atoms with Crippen LogP contribution in [0.3, 0.4) is 0 Å². The van der Waals surface area contributed by atoms with Crippen molar-refractivity contribution in [3.8, 4) is 11.4 Å². The first kappa shape index (κ1) is 14.2. The maximum atomic E-state index is 4.80. The molecule has 0 spiro atoms. The number of nitrogens with zero attached hydrogens (tertiary/aromatic N) is 4. The number of hydrogen-bond acceptors (Lipinski definition) is 4. The summed E-state index contributed by atoms with van der Waals surface area (Å²) in [4.78, 5) is 9.20. The monoisotopic (exact) mass is 300 g/mol. The molecule has 5 heteroatoms. The quantitative estimate of drug-likeness (QED) is 0.720. The van der Waals surface area contributed by atoms with Crippen molar-refractivity contribution in [2.75, 3.05) is 0 Å². The predicted octanol–water partition coefficient (Wildman–Crippen LogP) is 4.33. The lowest BCUT2D eigenvalue weighted by Crippen LogP contribution is -2.06. The maximum Gasteiger partial charge on any atom is 0.160 e. The van der Waals surface area contributed by atoms with Crippen LogP contribution in [0.4, 0.5) is 0 Å². The SMILES string of the molecule is CC(C)Cc1nc(-c2cccc3ncsc23)n(C(C)C)n1. The van der Waals surface area contributed by atoms with Crippen molar-refractivity contribution in [1.29, 1.82) is 0 Å². The number of aromatic nitrogens is 4. The Kier molecular flexibility index (Phi) is 3.76. The Hall–Kier alpha value is -1.75. The molecular weight excluding hydrogens is 280 g/mol. The van der Waals surface area contributed by atoms with Gasteiger partial charge < -0.3 is 0 Å². The van der Waals surface area contributed by atoms with Crippen LogP contribution in [-0.2, 0) is 6.42 Å². The summed E-state index contributed by atoms with van der Waals surface area (Å²) in [6, 6.07) is 6.48. The molecule has 2 heterocycles. The first-order chi connectivity index (χ1) is 10.1. The molecule has 3 rings (SSSR count). The van der Waals surface area contributed by atoms with Crippen molar-refractivity contribution >= 4 is 21.6 Å². The van der Waals surface area contributed by atoms with Crippen LogP contribution in [0.5, 0.6) is 0 Å². The van der Waals surface area contributed by atoms with Crippen LogP contribution in [-0.4, -0.2) is 19.7 Å². The highest BCUT2D eigenvalue weighted by Gasteiger charge is 2.17. The number of fused-ring (bicyclic) bond motifs is 1. The lowest BCUT2D eigenvalue weighted by molar-refractivity contribution is 0.523. The Morgan fingerprint density at radius 2 is 2.00 bits per heavy atom. The van der Waals surface area contributed by atoms with Gasteiger partial charge in [0.2, 0.25) is 0 Å². The minimum absolute atomic E-state index is 0.289. The maximum absolute atomic E-state index is 4.80. The first-order valence-electron chi connectivity index (χ1n) is 7.34. The summed E-state index contributed by atoms with van der Waals surface area (Å²) in [5.41, 5.74) is 4.05. The minimum Gasteiger partial charge on any atom is -0.245 e. The first-order valence-corrected chi connectivity index (χ1v) is 8.22. The van der Waals surface area contributed by atoms with E-state index in [1.54, 1.807) is 11.3 Å². The predicted molar refractivity (Wildman–Crippen MR) is 87.6 cm³/mol. The van der Waals surface area contributed by atoms with Crippen molar-refractivity contribution in [2.24, 2.45) is 5.92 Å². The van der Waals surface area contributed by atoms with Gasteiger partial charge in [-0.25, -0.2) is 14.6 Å². The standard InChI is InChI=1S/C16H20N4S/c1-10(2)8-14-18-16(20(19-14)11(3)4)12-6-5-7-13-15(12)21-9-17-13/h5-7,9-11H,8H2,1-4H3. The number of rotatable bonds is 4. The fourth-order valence-corrected chi connectivity index (χ4v) is 3.22. The van der Waals surface area contributed by atoms with Crippen molar-refractivity contribution < 1.29 is 0 Å². The van der Waals surface area contributed by atoms with Gasteiger partial charge in [-0.05, 0) is 31.9 Å². The van der Waals surface area contributed by atoms with Crippen molar-refractivity contribution in [3.63, 3.8) is 0 Å². The van der Waals surface area contributed by atoms with E-state index >= 15 is 0 Å². The van der Waals surface area contributed by atoms with Gasteiger partial charge in [-0.2, -0.15) is 5.10 Å². The molecule has 0 amide bonds. The molecule has 0 atom stereocenters. The molecule has 0 unspecified atom stereocenters. The molecule has 0 saturated heterocycles. The molecule has 0 saturated carbocycles. The summed E-state index contributed by atoms with van der Waals surface area (Å²) < 4.78 is 3.22. The molecule has 0 fully saturated rings. The highest BCUT2D eigenvalue weighted by molar-refractivity contribution is 7.17. The van der Waals surface area contributed by atoms with E-state index in [4.69, 9.17) is 10.1 Å². The summed E-state index contributed by atoms with van der Waals surface area (Å²) in [5, 5.41) is 4.71. The Morgan fingerprint density at radius 1 is 1.19 bits per heavy atom. The summed E-state index contributed by atoms with van der Waals surface area (Å²) in [6.07, 6.45) is 0.908. The lowest BCUT2D eigenvalue weighted by Gasteiger charge is -2.09. The van der Waals surface area contributed by atoms with E-state index in [-0.39, 0.29) is 6.04 Å². The molecule has 2 aromatic heterocycles. The second kappa shape index (κ2) is 5.56. The Morgan fingerprint density at radius 3 is 2.71 bits per heavy atom. The van der Waals surface area contributed by atoms with Gasteiger partial charge in [-0.15, -0.1) is 11.3 Å². The molecule has 0 aliphatic rings. The van der Waals surface area contributed by atoms with Crippen LogP contribution in [0.1, 0.15) is 39.6 Å². The van der Waals surface area contributed by atoms with Gasteiger partial charge in [0.05, 0.1) is 15.7 Å². The molecule has 0 bridgehead atoms. The van der Waals surface area contributed by atoms with E-state index in [9.17, 15) is 0 Å². The molecule has 0 aliphatic carbocycles. The summed E-state index contributed by atoms with van der Waals surface area (Å²) in [5.74, 6) is 2.44. The highest BCUT2D eigenvalue weighted by Crippen LogP contribution is 2.31. The summed E-state index contributed by atoms with van der Waals surface area (Å²) >= 11 is 1.66. The van der Waals surface area contributed by atoms with E-state index in [2.05, 4.69) is 38.7 Å². The third kappa shape index (κ3) is 2.70. The van der Waals surface area contributed by atoms with Gasteiger partial charge in [0, 0.05) is 18.0 Å². The third-order valence-corrected chi connectivity index (χ3v) is 4.23. The zero-order valence-electron chi connectivity index (χ0n) is 12.9. The zero-order chi connectivity index (χ0) is 15.0. The van der Waals surface area contributed by atoms with Gasteiger partial charge in [0.1, 0.15) is 0 Å². The second-order valence-electron chi connectivity index (χ2n) is 5.99. The van der Waals surface area contributed by atoms with Crippen LogP contribution >= 0.6 is 11.3 Å². The Bertz CT molecular complexity index is 755. The Balaban J connectivity index is 2.16. The summed E-state index contributed by atoms with van der Waals surface area (Å²) in [6.45, 7) is 8.67. The zero-order valence-corrected chi connectivity index (χ0v) is 13.7. The van der Waals surface area contributed by atoms with Crippen LogP contribution in [0, 0.1) is 5.92 Å². The molecule has 3 aromatic rings. The van der Waals surface area contributed by atoms with Crippen molar-refractivity contribution in [3.05, 3.63) is 29.5 Å². The number of hydrogen-bond donors (Lipinski definition) is 0. The third-order valence-electron chi connectivity index (χ3n) is 3.35. The fourth-order valence-electron chi connectivity index (χ4n) is 2.43. The van der Waals surface area contributed by atoms with Gasteiger partial charge in [-0.1, -0.05) is 19.9 Å². The molecule has 0 radical (unpaired) electrons. The smallest absolute Gasteiger partial charge is 0.160 e. The molecule has 110 valence electrons. The van der Waals surface area contributed by atoms with Crippen LogP contribution in [0.25, 0.3) is 21.6 Å². The van der Waals surface area contributed by atoms with E-state index in [1.807, 2.05) is 22.3 Å². The normalized spacial score (nSPS) is 11.9. The van der Waals surface area contributed by atoms with E-state index in [0.29, 0.717) is 5.92 Å². The summed E-state index contributed by atoms with van der Waals surface area (Å²) in [7, 11) is 0. The van der Waals surface area contributed by atoms with Crippen LogP contribution in [0.2, 0.25) is 0 Å². The molecule has 0 aliphatic heterocycles. The van der Waals surface area contributed by atoms with Gasteiger partial charge >= 0.3 is 0 Å².